The molecule has 0 saturated heterocycles. The third-order valence-corrected chi connectivity index (χ3v) is 15.4. The predicted molar refractivity (Wildman–Crippen MR) is 275 cm³/mol. The highest BCUT2D eigenvalue weighted by Gasteiger charge is 2.57. The van der Waals surface area contributed by atoms with Crippen molar-refractivity contribution < 1.29 is 51.9 Å². The van der Waals surface area contributed by atoms with Crippen LogP contribution in [0, 0.1) is 24.2 Å². The molecule has 73 heavy (non-hydrogen) atoms. The highest BCUT2D eigenvalue weighted by atomic mass is 31.2. The average molecular weight is 1020 g/mol. The second kappa shape index (κ2) is 24.5. The third-order valence-electron chi connectivity index (χ3n) is 12.6. The van der Waals surface area contributed by atoms with Crippen LogP contribution in [0.15, 0.2) is 120 Å². The lowest BCUT2D eigenvalue weighted by Crippen LogP contribution is -2.44. The van der Waals surface area contributed by atoms with Gasteiger partial charge in [0.2, 0.25) is 0 Å². The maximum Gasteiger partial charge on any atom is 0.350 e. The van der Waals surface area contributed by atoms with Gasteiger partial charge in [-0.25, -0.2) is 9.46 Å². The van der Waals surface area contributed by atoms with E-state index in [1.54, 1.807) is 122 Å². The fourth-order valence-electron chi connectivity index (χ4n) is 9.36. The fourth-order valence-corrected chi connectivity index (χ4v) is 12.1. The standard InChI is InChI=1S/C55H66N5O12P/c1-36(2)60(37(3)4)73(65,35-46(61)71-54(6,7)29-30-56)72-49-45(34-70-55(40-19-15-12-16-20-40,41-21-25-43(67-9)26-22-41)42-23-27-44(68-10)28-24-42)48(62)47(50(49)69-32-31-66-8)59-33-38(5)51(58-53(59)64)57-52(63)39-17-13-11-14-18-39/h11-28,33,36-37,45,47,49-50H,29,31-32,34-35H2,1-10H3,(H,57,58,63,64). The molecule has 1 aliphatic carbocycles. The van der Waals surface area contributed by atoms with Crippen LogP contribution in [0.5, 0.6) is 11.5 Å². The number of anilines is 1. The normalized spacial score (nSPS) is 17.8. The number of ketones is 1. The molecule has 1 heterocycles. The van der Waals surface area contributed by atoms with E-state index in [9.17, 15) is 19.6 Å². The monoisotopic (exact) mass is 1020 g/mol. The number of esters is 1. The molecule has 17 nitrogen and oxygen atoms in total. The summed E-state index contributed by atoms with van der Waals surface area (Å²) in [5.41, 5.74) is -0.934. The topological polar surface area (TPSA) is 207 Å². The first-order valence-electron chi connectivity index (χ1n) is 24.1. The quantitative estimate of drug-likeness (QED) is 0.0266. The molecule has 1 aromatic heterocycles. The molecule has 1 saturated carbocycles. The van der Waals surface area contributed by atoms with Gasteiger partial charge in [0.25, 0.3) is 13.4 Å². The van der Waals surface area contributed by atoms with Crippen LogP contribution >= 0.6 is 7.52 Å². The number of carbonyl (C=O) groups is 3. The molecule has 1 amide bonds. The van der Waals surface area contributed by atoms with Crippen molar-refractivity contribution in [3.05, 3.63) is 154 Å². The van der Waals surface area contributed by atoms with Crippen LogP contribution in [0.1, 0.15) is 86.6 Å². The summed E-state index contributed by atoms with van der Waals surface area (Å²) < 4.78 is 62.0. The van der Waals surface area contributed by atoms with Gasteiger partial charge in [0.05, 0.1) is 52.4 Å². The van der Waals surface area contributed by atoms with E-state index in [1.165, 1.54) is 13.3 Å². The van der Waals surface area contributed by atoms with Gasteiger partial charge in [-0.1, -0.05) is 72.8 Å². The number of hydrogen-bond acceptors (Lipinski definition) is 14. The van der Waals surface area contributed by atoms with E-state index in [1.807, 2.05) is 60.7 Å². The highest BCUT2D eigenvalue weighted by molar-refractivity contribution is 7.57. The van der Waals surface area contributed by atoms with Gasteiger partial charge in [0, 0.05) is 36.5 Å². The van der Waals surface area contributed by atoms with Gasteiger partial charge in [-0.2, -0.15) is 10.2 Å². The van der Waals surface area contributed by atoms with Gasteiger partial charge in [-0.3, -0.25) is 23.5 Å². The zero-order valence-electron chi connectivity index (χ0n) is 43.1. The van der Waals surface area contributed by atoms with Crippen LogP contribution in [0.2, 0.25) is 0 Å². The Morgan fingerprint density at radius 3 is 1.88 bits per heavy atom. The molecule has 4 aromatic carbocycles. The molecular weight excluding hydrogens is 954 g/mol. The van der Waals surface area contributed by atoms with E-state index >= 15 is 9.36 Å². The van der Waals surface area contributed by atoms with Crippen molar-refractivity contribution in [2.75, 3.05) is 52.6 Å². The van der Waals surface area contributed by atoms with Crippen molar-refractivity contribution >= 4 is 31.0 Å². The molecular formula is C55H66N5O12P. The first kappa shape index (κ1) is 55.8. The molecule has 18 heteroatoms. The molecule has 388 valence electrons. The lowest BCUT2D eigenvalue weighted by molar-refractivity contribution is -0.153. The molecule has 1 aliphatic rings. The van der Waals surface area contributed by atoms with Crippen molar-refractivity contribution in [2.45, 2.75) is 96.4 Å². The number of Topliss-reactive ketones (excluding diaryl/α,β-unsaturated/α-hetero) is 1. The minimum absolute atomic E-state index is 0.0245. The number of aromatic nitrogens is 2. The maximum absolute atomic E-state index is 16.1. The molecule has 5 unspecified atom stereocenters. The summed E-state index contributed by atoms with van der Waals surface area (Å²) in [6, 6.07) is 32.1. The molecule has 5 atom stereocenters. The van der Waals surface area contributed by atoms with Crippen LogP contribution < -0.4 is 20.5 Å². The Kier molecular flexibility index (Phi) is 18.7. The lowest BCUT2D eigenvalue weighted by Gasteiger charge is -2.40. The molecule has 5 aromatic rings. The molecule has 0 aliphatic heterocycles. The molecule has 1 fully saturated rings. The summed E-state index contributed by atoms with van der Waals surface area (Å²) in [6.07, 6.45) is -2.36. The number of rotatable bonds is 24. The number of ether oxygens (including phenoxy) is 6. The Bertz CT molecular complexity index is 2760. The number of hydrogen-bond donors (Lipinski definition) is 1. The van der Waals surface area contributed by atoms with Gasteiger partial charge < -0.3 is 38.3 Å². The molecule has 1 N–H and O–H groups in total. The van der Waals surface area contributed by atoms with Crippen LogP contribution in [-0.2, 0) is 43.2 Å². The number of methoxy groups -OCH3 is 3. The third kappa shape index (κ3) is 12.8. The van der Waals surface area contributed by atoms with E-state index in [2.05, 4.69) is 10.3 Å². The number of nitrogens with zero attached hydrogens (tertiary/aromatic N) is 4. The summed E-state index contributed by atoms with van der Waals surface area (Å²) in [4.78, 5) is 61.8. The average Bonchev–Trinajstić information content (AvgIpc) is 3.60. The SMILES string of the molecule is COCCOC1C(OP(=O)(CC(=O)OC(C)(C)CC#N)N(C(C)C)C(C)C)C(COC(c2ccccc2)(c2ccc(OC)cc2)c2ccc(OC)cc2)C(=O)C1n1cc(C)c(NC(=O)c2ccccc2)nc1=O. The van der Waals surface area contributed by atoms with Gasteiger partial charge in [0.15, 0.2) is 5.78 Å². The van der Waals surface area contributed by atoms with Crippen LogP contribution in [0.4, 0.5) is 5.82 Å². The summed E-state index contributed by atoms with van der Waals surface area (Å²) in [5, 5.41) is 12.2. The number of benzene rings is 4. The fraction of sp³-hybridized carbons (Fsp3) is 0.418. The number of nitriles is 1. The van der Waals surface area contributed by atoms with E-state index in [4.69, 9.17) is 32.9 Å². The lowest BCUT2D eigenvalue weighted by atomic mass is 9.79. The van der Waals surface area contributed by atoms with E-state index in [0.29, 0.717) is 39.3 Å². The van der Waals surface area contributed by atoms with Crippen LogP contribution in [-0.4, -0.2) is 109 Å². The zero-order chi connectivity index (χ0) is 53.1. The van der Waals surface area contributed by atoms with Gasteiger partial charge in [-0.05, 0) is 102 Å². The Hall–Kier alpha value is -6.51. The number of carbonyl (C=O) groups excluding carboxylic acids is 3. The summed E-state index contributed by atoms with van der Waals surface area (Å²) >= 11 is 0. The molecule has 0 spiro atoms. The Balaban J connectivity index is 1.57. The molecule has 6 rings (SSSR count). The van der Waals surface area contributed by atoms with Crippen molar-refractivity contribution in [1.29, 1.82) is 5.26 Å². The zero-order valence-corrected chi connectivity index (χ0v) is 44.0. The van der Waals surface area contributed by atoms with Gasteiger partial charge >= 0.3 is 11.7 Å². The Morgan fingerprint density at radius 2 is 1.36 bits per heavy atom. The summed E-state index contributed by atoms with van der Waals surface area (Å²) in [5.74, 6) is -2.20. The van der Waals surface area contributed by atoms with Crippen LogP contribution in [0.25, 0.3) is 0 Å². The van der Waals surface area contributed by atoms with Crippen molar-refractivity contribution in [2.24, 2.45) is 5.92 Å². The summed E-state index contributed by atoms with van der Waals surface area (Å²) in [6.45, 7) is 11.5. The molecule has 0 bridgehead atoms. The maximum atomic E-state index is 16.1. The summed E-state index contributed by atoms with van der Waals surface area (Å²) in [7, 11) is 0.141. The minimum atomic E-state index is -4.46. The molecule has 0 radical (unpaired) electrons. The largest absolute Gasteiger partial charge is 0.497 e. The van der Waals surface area contributed by atoms with Crippen molar-refractivity contribution in [3.8, 4) is 17.6 Å². The van der Waals surface area contributed by atoms with Crippen molar-refractivity contribution in [1.82, 2.24) is 14.2 Å². The highest BCUT2D eigenvalue weighted by Crippen LogP contribution is 2.58. The van der Waals surface area contributed by atoms with E-state index in [0.717, 1.165) is 4.57 Å². The van der Waals surface area contributed by atoms with E-state index < -0.39 is 91.1 Å². The minimum Gasteiger partial charge on any atom is -0.497 e. The number of amides is 1. The smallest absolute Gasteiger partial charge is 0.350 e. The predicted octanol–water partition coefficient (Wildman–Crippen LogP) is 8.53. The van der Waals surface area contributed by atoms with E-state index in [-0.39, 0.29) is 25.5 Å². The Morgan fingerprint density at radius 1 is 0.808 bits per heavy atom. The number of aryl methyl sites for hydroxylation is 1. The first-order valence-corrected chi connectivity index (χ1v) is 25.8. The van der Waals surface area contributed by atoms with Gasteiger partial charge in [0.1, 0.15) is 52.9 Å². The van der Waals surface area contributed by atoms with Crippen LogP contribution in [0.3, 0.4) is 0 Å². The second-order valence-electron chi connectivity index (χ2n) is 18.9. The number of nitrogens with one attached hydrogen (secondary N) is 1. The van der Waals surface area contributed by atoms with Gasteiger partial charge in [-0.15, -0.1) is 0 Å². The van der Waals surface area contributed by atoms with Crippen molar-refractivity contribution in [3.63, 3.8) is 0 Å². The second-order valence-corrected chi connectivity index (χ2v) is 21.1. The Labute approximate surface area is 427 Å². The first-order chi connectivity index (χ1) is 34.8.